The fourth-order valence-corrected chi connectivity index (χ4v) is 3.44. The van der Waals surface area contributed by atoms with Crippen molar-refractivity contribution >= 4 is 28.3 Å². The third kappa shape index (κ3) is 3.71. The number of carbonyl (C=O) groups excluding carboxylic acids is 2. The molecule has 0 fully saturated rings. The van der Waals surface area contributed by atoms with Gasteiger partial charge in [-0.2, -0.15) is 0 Å². The molecule has 2 aromatic rings. The van der Waals surface area contributed by atoms with E-state index < -0.39 is 10.8 Å². The first-order chi connectivity index (χ1) is 11.5. The molecule has 1 atom stereocenters. The van der Waals surface area contributed by atoms with Crippen LogP contribution in [-0.4, -0.2) is 33.7 Å². The minimum atomic E-state index is -0.934. The van der Waals surface area contributed by atoms with Gasteiger partial charge < -0.3 is 10.2 Å². The molecule has 0 aliphatic carbocycles. The summed E-state index contributed by atoms with van der Waals surface area (Å²) in [4.78, 5) is 26.0. The van der Waals surface area contributed by atoms with Crippen molar-refractivity contribution < 1.29 is 13.8 Å². The number of nitrogens with one attached hydrogen (secondary N) is 1. The Morgan fingerprint density at radius 3 is 2.75 bits per heavy atom. The first-order valence-electron chi connectivity index (χ1n) is 7.59. The maximum absolute atomic E-state index is 12.3. The largest absolute Gasteiger partial charge is 0.325 e. The lowest BCUT2D eigenvalue weighted by Crippen LogP contribution is -2.33. The van der Waals surface area contributed by atoms with Crippen molar-refractivity contribution in [3.05, 3.63) is 65.2 Å². The van der Waals surface area contributed by atoms with Crippen LogP contribution < -0.4 is 5.32 Å². The lowest BCUT2D eigenvalue weighted by Gasteiger charge is -2.15. The van der Waals surface area contributed by atoms with Crippen molar-refractivity contribution in [3.8, 4) is 0 Å². The highest BCUT2D eigenvalue weighted by molar-refractivity contribution is 7.83. The second kappa shape index (κ2) is 6.97. The highest BCUT2D eigenvalue weighted by Gasteiger charge is 2.28. The van der Waals surface area contributed by atoms with Crippen LogP contribution in [0, 0.1) is 0 Å². The Morgan fingerprint density at radius 1 is 1.21 bits per heavy atom. The van der Waals surface area contributed by atoms with Gasteiger partial charge in [0.15, 0.2) is 0 Å². The van der Waals surface area contributed by atoms with Gasteiger partial charge in [0.2, 0.25) is 5.91 Å². The van der Waals surface area contributed by atoms with E-state index in [-0.39, 0.29) is 18.4 Å². The number of amides is 2. The van der Waals surface area contributed by atoms with E-state index in [9.17, 15) is 13.8 Å². The molecule has 0 bridgehead atoms. The molecule has 24 heavy (non-hydrogen) atoms. The van der Waals surface area contributed by atoms with Crippen LogP contribution in [0.2, 0.25) is 0 Å². The number of hydrogen-bond donors (Lipinski definition) is 1. The van der Waals surface area contributed by atoms with Gasteiger partial charge in [-0.1, -0.05) is 30.3 Å². The van der Waals surface area contributed by atoms with Crippen LogP contribution in [0.5, 0.6) is 0 Å². The van der Waals surface area contributed by atoms with E-state index in [0.717, 1.165) is 11.1 Å². The van der Waals surface area contributed by atoms with Crippen LogP contribution >= 0.6 is 0 Å². The predicted molar refractivity (Wildman–Crippen MR) is 94.0 cm³/mol. The van der Waals surface area contributed by atoms with Crippen molar-refractivity contribution in [1.29, 1.82) is 0 Å². The quantitative estimate of drug-likeness (QED) is 0.905. The van der Waals surface area contributed by atoms with Gasteiger partial charge in [-0.3, -0.25) is 13.8 Å². The average molecular weight is 342 g/mol. The summed E-state index contributed by atoms with van der Waals surface area (Å²) < 4.78 is 11.3. The van der Waals surface area contributed by atoms with Gasteiger partial charge in [-0.05, 0) is 29.3 Å². The summed E-state index contributed by atoms with van der Waals surface area (Å²) in [5.41, 5.74) is 3.16. The minimum Gasteiger partial charge on any atom is -0.325 e. The number of carbonyl (C=O) groups is 2. The lowest BCUT2D eigenvalue weighted by atomic mass is 10.1. The minimum absolute atomic E-state index is 0.0114. The molecular formula is C18H18N2O3S. The normalized spacial score (nSPS) is 14.4. The van der Waals surface area contributed by atoms with E-state index in [1.54, 1.807) is 24.5 Å². The third-order valence-corrected chi connectivity index (χ3v) is 4.55. The first-order valence-corrected chi connectivity index (χ1v) is 9.31. The molecule has 1 heterocycles. The monoisotopic (exact) mass is 342 g/mol. The lowest BCUT2D eigenvalue weighted by molar-refractivity contribution is -0.116. The fraction of sp³-hybridized carbons (Fsp3) is 0.222. The number of fused-ring (bicyclic) bond motifs is 1. The molecule has 0 saturated heterocycles. The second-order valence-electron chi connectivity index (χ2n) is 5.78. The second-order valence-corrected chi connectivity index (χ2v) is 7.22. The van der Waals surface area contributed by atoms with Gasteiger partial charge in [-0.15, -0.1) is 0 Å². The predicted octanol–water partition coefficient (Wildman–Crippen LogP) is 2.16. The number of nitrogens with zero attached hydrogens (tertiary/aromatic N) is 1. The van der Waals surface area contributed by atoms with Gasteiger partial charge in [0.25, 0.3) is 5.91 Å². The Bertz CT molecular complexity index is 819. The summed E-state index contributed by atoms with van der Waals surface area (Å²) in [5, 5.41) is 2.80. The molecule has 0 saturated carbocycles. The van der Waals surface area contributed by atoms with Crippen LogP contribution in [-0.2, 0) is 27.9 Å². The number of hydrogen-bond acceptors (Lipinski definition) is 3. The van der Waals surface area contributed by atoms with Gasteiger partial charge >= 0.3 is 0 Å². The molecule has 5 nitrogen and oxygen atoms in total. The zero-order valence-electron chi connectivity index (χ0n) is 13.3. The van der Waals surface area contributed by atoms with Crippen LogP contribution in [0.15, 0.2) is 48.5 Å². The van der Waals surface area contributed by atoms with Crippen molar-refractivity contribution in [2.24, 2.45) is 0 Å². The highest BCUT2D eigenvalue weighted by atomic mass is 32.2. The summed E-state index contributed by atoms with van der Waals surface area (Å²) in [5.74, 6) is 0.0886. The smallest absolute Gasteiger partial charge is 0.254 e. The molecule has 0 spiro atoms. The van der Waals surface area contributed by atoms with Gasteiger partial charge in [0.1, 0.15) is 6.54 Å². The van der Waals surface area contributed by atoms with E-state index in [0.29, 0.717) is 23.5 Å². The van der Waals surface area contributed by atoms with Crippen molar-refractivity contribution in [3.63, 3.8) is 0 Å². The topological polar surface area (TPSA) is 66.5 Å². The van der Waals surface area contributed by atoms with Gasteiger partial charge in [0.05, 0.1) is 0 Å². The van der Waals surface area contributed by atoms with Crippen LogP contribution in [0.1, 0.15) is 21.5 Å². The highest BCUT2D eigenvalue weighted by Crippen LogP contribution is 2.22. The van der Waals surface area contributed by atoms with Crippen LogP contribution in [0.3, 0.4) is 0 Å². The van der Waals surface area contributed by atoms with Crippen molar-refractivity contribution in [2.75, 3.05) is 18.1 Å². The molecule has 2 aromatic carbocycles. The standard InChI is InChI=1S/C18H18N2O3S/c1-24(23)12-13-5-4-7-15(9-13)19-17(21)11-20-10-14-6-2-3-8-16(14)18(20)22/h2-9H,10-12H2,1H3,(H,19,21)/t24-/m1/s1. The van der Waals surface area contributed by atoms with Crippen molar-refractivity contribution in [2.45, 2.75) is 12.3 Å². The first kappa shape index (κ1) is 16.4. The Hall–Kier alpha value is -2.47. The van der Waals surface area contributed by atoms with Gasteiger partial charge in [0, 0.05) is 40.6 Å². The number of anilines is 1. The fourth-order valence-electron chi connectivity index (χ4n) is 2.79. The Kier molecular flexibility index (Phi) is 4.76. The average Bonchev–Trinajstić information content (AvgIpc) is 2.83. The third-order valence-electron chi connectivity index (χ3n) is 3.81. The summed E-state index contributed by atoms with van der Waals surface area (Å²) >= 11 is 0. The molecular weight excluding hydrogens is 324 g/mol. The van der Waals surface area contributed by atoms with E-state index in [1.807, 2.05) is 30.3 Å². The molecule has 6 heteroatoms. The molecule has 2 amide bonds. The summed E-state index contributed by atoms with van der Waals surface area (Å²) in [6, 6.07) is 14.7. The zero-order chi connectivity index (χ0) is 17.1. The molecule has 3 rings (SSSR count). The molecule has 1 N–H and O–H groups in total. The van der Waals surface area contributed by atoms with Gasteiger partial charge in [-0.25, -0.2) is 0 Å². The zero-order valence-corrected chi connectivity index (χ0v) is 14.1. The summed E-state index contributed by atoms with van der Waals surface area (Å²) in [6.45, 7) is 0.467. The van der Waals surface area contributed by atoms with E-state index in [2.05, 4.69) is 5.32 Å². The number of benzene rings is 2. The SMILES string of the molecule is C[S@@](=O)Cc1cccc(NC(=O)CN2Cc3ccccc3C2=O)c1. The maximum atomic E-state index is 12.3. The molecule has 124 valence electrons. The van der Waals surface area contributed by atoms with E-state index in [4.69, 9.17) is 0 Å². The van der Waals surface area contributed by atoms with E-state index >= 15 is 0 Å². The summed E-state index contributed by atoms with van der Waals surface area (Å²) in [7, 11) is -0.934. The van der Waals surface area contributed by atoms with E-state index in [1.165, 1.54) is 4.90 Å². The van der Waals surface area contributed by atoms with Crippen LogP contribution in [0.4, 0.5) is 5.69 Å². The van der Waals surface area contributed by atoms with Crippen molar-refractivity contribution in [1.82, 2.24) is 4.90 Å². The maximum Gasteiger partial charge on any atom is 0.254 e. The Labute approximate surface area is 143 Å². The molecule has 1 aliphatic rings. The Balaban J connectivity index is 1.63. The molecule has 0 aromatic heterocycles. The van der Waals surface area contributed by atoms with Crippen LogP contribution in [0.25, 0.3) is 0 Å². The Morgan fingerprint density at radius 2 is 2.00 bits per heavy atom. The molecule has 1 aliphatic heterocycles. The molecule has 0 unspecified atom stereocenters. The molecule has 0 radical (unpaired) electrons. The number of rotatable bonds is 5. The summed E-state index contributed by atoms with van der Waals surface area (Å²) in [6.07, 6.45) is 1.64.